The predicted molar refractivity (Wildman–Crippen MR) is 80.6 cm³/mol. The minimum Gasteiger partial charge on any atom is -0.481 e. The summed E-state index contributed by atoms with van der Waals surface area (Å²) in [6.45, 7) is 4.17. The lowest BCUT2D eigenvalue weighted by atomic mass is 9.76. The maximum Gasteiger partial charge on any atom is 0.310 e. The zero-order valence-corrected chi connectivity index (χ0v) is 12.5. The number of aliphatic carboxylic acids is 1. The molecule has 112 valence electrons. The number of nitriles is 1. The van der Waals surface area contributed by atoms with Gasteiger partial charge in [-0.1, -0.05) is 31.5 Å². The van der Waals surface area contributed by atoms with Crippen LogP contribution in [0.3, 0.4) is 0 Å². The van der Waals surface area contributed by atoms with E-state index in [9.17, 15) is 9.90 Å². The molecule has 4 nitrogen and oxygen atoms in total. The van der Waals surface area contributed by atoms with Crippen LogP contribution >= 0.6 is 0 Å². The summed E-state index contributed by atoms with van der Waals surface area (Å²) in [5.74, 6) is -0.678. The molecule has 21 heavy (non-hydrogen) atoms. The number of benzene rings is 1. The molecule has 1 N–H and O–H groups in total. The molecule has 1 aliphatic rings. The molecular formula is C17H22N2O2. The Morgan fingerprint density at radius 1 is 1.48 bits per heavy atom. The van der Waals surface area contributed by atoms with Gasteiger partial charge in [-0.2, -0.15) is 5.26 Å². The molecule has 1 aromatic rings. The van der Waals surface area contributed by atoms with Crippen molar-refractivity contribution in [2.45, 2.75) is 39.2 Å². The van der Waals surface area contributed by atoms with Gasteiger partial charge in [0, 0.05) is 13.1 Å². The molecule has 2 rings (SSSR count). The smallest absolute Gasteiger partial charge is 0.310 e. The summed E-state index contributed by atoms with van der Waals surface area (Å²) >= 11 is 0. The second kappa shape index (κ2) is 6.73. The van der Waals surface area contributed by atoms with E-state index in [1.165, 1.54) is 0 Å². The Hall–Kier alpha value is -1.86. The SMILES string of the molecule is CCCC1(C(=O)O)CCCN(Cc2ccccc2C#N)C1. The monoisotopic (exact) mass is 286 g/mol. The number of likely N-dealkylation sites (tertiary alicyclic amines) is 1. The van der Waals surface area contributed by atoms with Crippen molar-refractivity contribution >= 4 is 5.97 Å². The fraction of sp³-hybridized carbons (Fsp3) is 0.529. The summed E-state index contributed by atoms with van der Waals surface area (Å²) in [5, 5.41) is 18.8. The molecule has 0 aromatic heterocycles. The van der Waals surface area contributed by atoms with E-state index in [1.807, 2.05) is 31.2 Å². The average molecular weight is 286 g/mol. The summed E-state index contributed by atoms with van der Waals surface area (Å²) in [6.07, 6.45) is 3.27. The molecule has 1 heterocycles. The first-order valence-corrected chi connectivity index (χ1v) is 7.55. The van der Waals surface area contributed by atoms with E-state index in [2.05, 4.69) is 11.0 Å². The Kier molecular flexibility index (Phi) is 4.98. The number of rotatable bonds is 5. The lowest BCUT2D eigenvalue weighted by Crippen LogP contribution is -2.47. The quantitative estimate of drug-likeness (QED) is 0.903. The van der Waals surface area contributed by atoms with E-state index in [-0.39, 0.29) is 0 Å². The molecule has 1 fully saturated rings. The molecule has 1 aromatic carbocycles. The van der Waals surface area contributed by atoms with Crippen molar-refractivity contribution in [3.63, 3.8) is 0 Å². The molecule has 0 bridgehead atoms. The molecule has 0 saturated carbocycles. The molecule has 1 saturated heterocycles. The fourth-order valence-corrected chi connectivity index (χ4v) is 3.33. The molecule has 0 spiro atoms. The van der Waals surface area contributed by atoms with Crippen LogP contribution in [0, 0.1) is 16.7 Å². The lowest BCUT2D eigenvalue weighted by molar-refractivity contribution is -0.153. The van der Waals surface area contributed by atoms with Gasteiger partial charge < -0.3 is 5.11 Å². The Balaban J connectivity index is 2.14. The van der Waals surface area contributed by atoms with Gasteiger partial charge in [0.05, 0.1) is 17.0 Å². The van der Waals surface area contributed by atoms with Gasteiger partial charge in [0.1, 0.15) is 0 Å². The van der Waals surface area contributed by atoms with Crippen LogP contribution in [-0.2, 0) is 11.3 Å². The standard InChI is InChI=1S/C17H22N2O2/c1-2-8-17(16(20)21)9-5-10-19(13-17)12-15-7-4-3-6-14(15)11-18/h3-4,6-7H,2,5,8-10,12-13H2,1H3,(H,20,21). The van der Waals surface area contributed by atoms with Crippen molar-refractivity contribution in [3.05, 3.63) is 35.4 Å². The Morgan fingerprint density at radius 3 is 2.90 bits per heavy atom. The number of hydrogen-bond donors (Lipinski definition) is 1. The van der Waals surface area contributed by atoms with Crippen molar-refractivity contribution < 1.29 is 9.90 Å². The first-order chi connectivity index (χ1) is 10.1. The third kappa shape index (κ3) is 3.43. The van der Waals surface area contributed by atoms with Crippen molar-refractivity contribution in [2.24, 2.45) is 5.41 Å². The number of carboxylic acid groups (broad SMARTS) is 1. The minimum atomic E-state index is -0.678. The van der Waals surface area contributed by atoms with E-state index in [4.69, 9.17) is 5.26 Å². The number of piperidine rings is 1. The zero-order chi connectivity index (χ0) is 15.3. The highest BCUT2D eigenvalue weighted by molar-refractivity contribution is 5.75. The van der Waals surface area contributed by atoms with Gasteiger partial charge in [-0.05, 0) is 37.4 Å². The second-order valence-corrected chi connectivity index (χ2v) is 5.92. The van der Waals surface area contributed by atoms with Crippen molar-refractivity contribution in [1.82, 2.24) is 4.90 Å². The van der Waals surface area contributed by atoms with Crippen LogP contribution in [0.2, 0.25) is 0 Å². The summed E-state index contributed by atoms with van der Waals surface area (Å²) in [7, 11) is 0. The number of nitrogens with zero attached hydrogens (tertiary/aromatic N) is 2. The van der Waals surface area contributed by atoms with Gasteiger partial charge in [0.25, 0.3) is 0 Å². The third-order valence-electron chi connectivity index (χ3n) is 4.37. The van der Waals surface area contributed by atoms with E-state index in [1.54, 1.807) is 0 Å². The van der Waals surface area contributed by atoms with E-state index in [0.29, 0.717) is 18.7 Å². The highest BCUT2D eigenvalue weighted by Gasteiger charge is 2.41. The van der Waals surface area contributed by atoms with Gasteiger partial charge in [0.2, 0.25) is 0 Å². The highest BCUT2D eigenvalue weighted by atomic mass is 16.4. The van der Waals surface area contributed by atoms with Crippen LogP contribution in [0.25, 0.3) is 0 Å². The number of carbonyl (C=O) groups is 1. The highest BCUT2D eigenvalue weighted by Crippen LogP contribution is 2.35. The van der Waals surface area contributed by atoms with Crippen molar-refractivity contribution in [1.29, 1.82) is 5.26 Å². The molecule has 1 aliphatic heterocycles. The molecule has 0 radical (unpaired) electrons. The number of carboxylic acids is 1. The van der Waals surface area contributed by atoms with Crippen LogP contribution in [0.4, 0.5) is 0 Å². The van der Waals surface area contributed by atoms with Gasteiger partial charge >= 0.3 is 5.97 Å². The topological polar surface area (TPSA) is 64.3 Å². The average Bonchev–Trinajstić information content (AvgIpc) is 2.48. The van der Waals surface area contributed by atoms with Crippen LogP contribution < -0.4 is 0 Å². The normalized spacial score (nSPS) is 22.7. The summed E-state index contributed by atoms with van der Waals surface area (Å²) < 4.78 is 0. The summed E-state index contributed by atoms with van der Waals surface area (Å²) in [5.41, 5.74) is 1.05. The Labute approximate surface area is 126 Å². The van der Waals surface area contributed by atoms with Gasteiger partial charge in [0.15, 0.2) is 0 Å². The largest absolute Gasteiger partial charge is 0.481 e. The molecular weight excluding hydrogens is 264 g/mol. The fourth-order valence-electron chi connectivity index (χ4n) is 3.33. The molecule has 1 unspecified atom stereocenters. The van der Waals surface area contributed by atoms with Gasteiger partial charge in [-0.25, -0.2) is 0 Å². The molecule has 1 atom stereocenters. The Morgan fingerprint density at radius 2 is 2.24 bits per heavy atom. The molecule has 0 aliphatic carbocycles. The Bertz CT molecular complexity index is 546. The van der Waals surface area contributed by atoms with Crippen LogP contribution in [-0.4, -0.2) is 29.1 Å². The van der Waals surface area contributed by atoms with Crippen LogP contribution in [0.5, 0.6) is 0 Å². The third-order valence-corrected chi connectivity index (χ3v) is 4.37. The van der Waals surface area contributed by atoms with E-state index in [0.717, 1.165) is 37.8 Å². The first-order valence-electron chi connectivity index (χ1n) is 7.55. The minimum absolute atomic E-state index is 0.579. The number of hydrogen-bond acceptors (Lipinski definition) is 3. The summed E-state index contributed by atoms with van der Waals surface area (Å²) in [6, 6.07) is 9.77. The maximum absolute atomic E-state index is 11.7. The predicted octanol–water partition coefficient (Wildman–Crippen LogP) is 3.03. The van der Waals surface area contributed by atoms with E-state index < -0.39 is 11.4 Å². The van der Waals surface area contributed by atoms with Crippen molar-refractivity contribution in [2.75, 3.05) is 13.1 Å². The van der Waals surface area contributed by atoms with Crippen molar-refractivity contribution in [3.8, 4) is 6.07 Å². The zero-order valence-electron chi connectivity index (χ0n) is 12.5. The second-order valence-electron chi connectivity index (χ2n) is 5.92. The van der Waals surface area contributed by atoms with Gasteiger partial charge in [-0.15, -0.1) is 0 Å². The molecule has 0 amide bonds. The maximum atomic E-state index is 11.7. The lowest BCUT2D eigenvalue weighted by Gasteiger charge is -2.40. The summed E-state index contributed by atoms with van der Waals surface area (Å²) in [4.78, 5) is 13.9. The van der Waals surface area contributed by atoms with E-state index >= 15 is 0 Å². The van der Waals surface area contributed by atoms with Crippen LogP contribution in [0.1, 0.15) is 43.7 Å². The van der Waals surface area contributed by atoms with Gasteiger partial charge in [-0.3, -0.25) is 9.69 Å². The molecule has 4 heteroatoms. The first kappa shape index (κ1) is 15.5. The van der Waals surface area contributed by atoms with Crippen LogP contribution in [0.15, 0.2) is 24.3 Å².